The van der Waals surface area contributed by atoms with Gasteiger partial charge >= 0.3 is 5.97 Å². The number of allylic oxidation sites excluding steroid dienone is 1. The lowest BCUT2D eigenvalue weighted by Crippen LogP contribution is -1.95. The van der Waals surface area contributed by atoms with Gasteiger partial charge in [0.25, 0.3) is 0 Å². The van der Waals surface area contributed by atoms with Gasteiger partial charge in [0.2, 0.25) is 0 Å². The van der Waals surface area contributed by atoms with Crippen molar-refractivity contribution < 1.29 is 13.9 Å². The van der Waals surface area contributed by atoms with Crippen LogP contribution in [0.25, 0.3) is 16.8 Å². The predicted molar refractivity (Wildman–Crippen MR) is 77.9 cm³/mol. The molecule has 0 aliphatic heterocycles. The number of carbonyl (C=O) groups is 1. The molecule has 2 aromatic rings. The van der Waals surface area contributed by atoms with Crippen molar-refractivity contribution in [2.24, 2.45) is 0 Å². The molecule has 0 saturated carbocycles. The number of aryl methyl sites for hydroxylation is 1. The molecule has 0 N–H and O–H groups in total. The molecule has 0 bridgehead atoms. The highest BCUT2D eigenvalue weighted by Crippen LogP contribution is 2.33. The number of hydrogen-bond acceptors (Lipinski definition) is 4. The van der Waals surface area contributed by atoms with Crippen LogP contribution in [0.5, 0.6) is 0 Å². The van der Waals surface area contributed by atoms with Gasteiger partial charge in [0.1, 0.15) is 5.82 Å². The minimum atomic E-state index is -0.418. The molecular formula is C15H14FNO2S. The SMILES string of the molecule is COC(=O)/C=C(\C)c1sc(C)nc1-c1cccc(F)c1. The highest BCUT2D eigenvalue weighted by molar-refractivity contribution is 7.13. The van der Waals surface area contributed by atoms with Crippen molar-refractivity contribution in [2.45, 2.75) is 13.8 Å². The van der Waals surface area contributed by atoms with Gasteiger partial charge in [0.15, 0.2) is 0 Å². The Hall–Kier alpha value is -2.01. The number of esters is 1. The Bertz CT molecular complexity index is 676. The lowest BCUT2D eigenvalue weighted by Gasteiger charge is -2.03. The normalized spacial score (nSPS) is 11.5. The van der Waals surface area contributed by atoms with Crippen molar-refractivity contribution in [2.75, 3.05) is 7.11 Å². The van der Waals surface area contributed by atoms with Crippen LogP contribution >= 0.6 is 11.3 Å². The standard InChI is InChI=1S/C15H14FNO2S/c1-9(7-13(18)19-3)15-14(17-10(2)20-15)11-5-4-6-12(16)8-11/h4-8H,1-3H3/b9-7+. The molecule has 0 radical (unpaired) electrons. The van der Waals surface area contributed by atoms with E-state index < -0.39 is 5.97 Å². The molecule has 0 atom stereocenters. The first-order valence-electron chi connectivity index (χ1n) is 6.01. The number of rotatable bonds is 3. The summed E-state index contributed by atoms with van der Waals surface area (Å²) < 4.78 is 18.0. The van der Waals surface area contributed by atoms with E-state index in [1.807, 2.05) is 13.8 Å². The molecule has 0 aliphatic carbocycles. The molecule has 104 valence electrons. The molecule has 2 rings (SSSR count). The van der Waals surface area contributed by atoms with E-state index in [1.54, 1.807) is 12.1 Å². The first-order chi connectivity index (χ1) is 9.51. The fourth-order valence-corrected chi connectivity index (χ4v) is 2.74. The Morgan fingerprint density at radius 1 is 1.45 bits per heavy atom. The van der Waals surface area contributed by atoms with Gasteiger partial charge < -0.3 is 4.74 Å². The van der Waals surface area contributed by atoms with Crippen molar-refractivity contribution in [3.05, 3.63) is 46.0 Å². The topological polar surface area (TPSA) is 39.2 Å². The van der Waals surface area contributed by atoms with Crippen molar-refractivity contribution in [3.8, 4) is 11.3 Å². The van der Waals surface area contributed by atoms with Gasteiger partial charge in [-0.25, -0.2) is 14.2 Å². The van der Waals surface area contributed by atoms with Crippen molar-refractivity contribution >= 4 is 22.9 Å². The van der Waals surface area contributed by atoms with E-state index in [4.69, 9.17) is 0 Å². The fourth-order valence-electron chi connectivity index (χ4n) is 1.83. The summed E-state index contributed by atoms with van der Waals surface area (Å²) in [5.41, 5.74) is 2.13. The number of carbonyl (C=O) groups excluding carboxylic acids is 1. The molecule has 5 heteroatoms. The lowest BCUT2D eigenvalue weighted by molar-refractivity contribution is -0.134. The quantitative estimate of drug-likeness (QED) is 0.637. The summed E-state index contributed by atoms with van der Waals surface area (Å²) in [4.78, 5) is 16.6. The summed E-state index contributed by atoms with van der Waals surface area (Å²) in [5, 5.41) is 0.858. The molecule has 0 aliphatic rings. The van der Waals surface area contributed by atoms with Crippen LogP contribution in [0.15, 0.2) is 30.3 Å². The zero-order chi connectivity index (χ0) is 14.7. The van der Waals surface area contributed by atoms with Gasteiger partial charge in [-0.05, 0) is 31.6 Å². The number of hydrogen-bond donors (Lipinski definition) is 0. The average Bonchev–Trinajstić information content (AvgIpc) is 2.81. The van der Waals surface area contributed by atoms with Crippen LogP contribution in [-0.2, 0) is 9.53 Å². The number of benzene rings is 1. The highest BCUT2D eigenvalue weighted by Gasteiger charge is 2.14. The molecule has 0 saturated heterocycles. The van der Waals surface area contributed by atoms with Crippen LogP contribution in [0.4, 0.5) is 4.39 Å². The number of halogens is 1. The van der Waals surface area contributed by atoms with Crippen LogP contribution in [0, 0.1) is 12.7 Å². The van der Waals surface area contributed by atoms with Gasteiger partial charge in [-0.3, -0.25) is 0 Å². The van der Waals surface area contributed by atoms with E-state index in [1.165, 1.54) is 36.7 Å². The molecule has 0 spiro atoms. The minimum Gasteiger partial charge on any atom is -0.466 e. The third kappa shape index (κ3) is 3.11. The van der Waals surface area contributed by atoms with Crippen molar-refractivity contribution in [1.82, 2.24) is 4.98 Å². The molecule has 1 aromatic carbocycles. The first kappa shape index (κ1) is 14.4. The third-order valence-electron chi connectivity index (χ3n) is 2.73. The zero-order valence-electron chi connectivity index (χ0n) is 11.4. The maximum Gasteiger partial charge on any atom is 0.330 e. The molecule has 1 aromatic heterocycles. The van der Waals surface area contributed by atoms with Gasteiger partial charge in [-0.1, -0.05) is 12.1 Å². The monoisotopic (exact) mass is 291 g/mol. The number of ether oxygens (including phenoxy) is 1. The summed E-state index contributed by atoms with van der Waals surface area (Å²) >= 11 is 1.47. The molecule has 0 fully saturated rings. The van der Waals surface area contributed by atoms with E-state index in [0.29, 0.717) is 11.3 Å². The largest absolute Gasteiger partial charge is 0.466 e. The van der Waals surface area contributed by atoms with E-state index in [0.717, 1.165) is 15.5 Å². The summed E-state index contributed by atoms with van der Waals surface area (Å²) in [6.07, 6.45) is 1.41. The van der Waals surface area contributed by atoms with Crippen LogP contribution in [-0.4, -0.2) is 18.1 Å². The number of thiazole rings is 1. The van der Waals surface area contributed by atoms with Crippen LogP contribution in [0.1, 0.15) is 16.8 Å². The zero-order valence-corrected chi connectivity index (χ0v) is 12.3. The van der Waals surface area contributed by atoms with Crippen LogP contribution < -0.4 is 0 Å². The molecule has 0 unspecified atom stereocenters. The molecule has 1 heterocycles. The molecule has 0 amide bonds. The second-order valence-electron chi connectivity index (χ2n) is 4.27. The Balaban J connectivity index is 2.51. The number of nitrogens with zero attached hydrogens (tertiary/aromatic N) is 1. The Kier molecular flexibility index (Phi) is 4.29. The van der Waals surface area contributed by atoms with E-state index in [2.05, 4.69) is 9.72 Å². The van der Waals surface area contributed by atoms with Gasteiger partial charge in [0, 0.05) is 11.6 Å². The van der Waals surface area contributed by atoms with Gasteiger partial charge in [-0.15, -0.1) is 11.3 Å². The minimum absolute atomic E-state index is 0.311. The predicted octanol–water partition coefficient (Wildman–Crippen LogP) is 3.83. The Labute approximate surface area is 120 Å². The highest BCUT2D eigenvalue weighted by atomic mass is 32.1. The van der Waals surface area contributed by atoms with E-state index >= 15 is 0 Å². The Morgan fingerprint density at radius 2 is 2.20 bits per heavy atom. The van der Waals surface area contributed by atoms with E-state index in [-0.39, 0.29) is 5.82 Å². The lowest BCUT2D eigenvalue weighted by atomic mass is 10.1. The van der Waals surface area contributed by atoms with Crippen LogP contribution in [0.3, 0.4) is 0 Å². The molecular weight excluding hydrogens is 277 g/mol. The second kappa shape index (κ2) is 5.96. The number of methoxy groups -OCH3 is 1. The fraction of sp³-hybridized carbons (Fsp3) is 0.200. The summed E-state index contributed by atoms with van der Waals surface area (Å²) in [6, 6.07) is 6.26. The summed E-state index contributed by atoms with van der Waals surface area (Å²) in [6.45, 7) is 3.69. The smallest absolute Gasteiger partial charge is 0.330 e. The van der Waals surface area contributed by atoms with Gasteiger partial charge in [-0.2, -0.15) is 0 Å². The average molecular weight is 291 g/mol. The maximum atomic E-state index is 13.3. The summed E-state index contributed by atoms with van der Waals surface area (Å²) in [7, 11) is 1.33. The molecule has 3 nitrogen and oxygen atoms in total. The second-order valence-corrected chi connectivity index (χ2v) is 5.47. The van der Waals surface area contributed by atoms with Crippen molar-refractivity contribution in [1.29, 1.82) is 0 Å². The van der Waals surface area contributed by atoms with Gasteiger partial charge in [0.05, 0.1) is 22.7 Å². The summed E-state index contributed by atoms with van der Waals surface area (Å²) in [5.74, 6) is -0.729. The maximum absolute atomic E-state index is 13.3. The first-order valence-corrected chi connectivity index (χ1v) is 6.83. The molecule has 20 heavy (non-hydrogen) atoms. The Morgan fingerprint density at radius 3 is 2.85 bits per heavy atom. The van der Waals surface area contributed by atoms with E-state index in [9.17, 15) is 9.18 Å². The van der Waals surface area contributed by atoms with Crippen molar-refractivity contribution in [3.63, 3.8) is 0 Å². The van der Waals surface area contributed by atoms with Crippen LogP contribution in [0.2, 0.25) is 0 Å². The third-order valence-corrected chi connectivity index (χ3v) is 3.83. The number of aromatic nitrogens is 1.